The number of rotatable bonds is 8. The van der Waals surface area contributed by atoms with Gasteiger partial charge in [0.25, 0.3) is 0 Å². The number of hydrogen-bond donors (Lipinski definition) is 1. The molecule has 92 valence electrons. The minimum atomic E-state index is 0.259. The second-order valence-electron chi connectivity index (χ2n) is 3.92. The normalized spacial score (nSPS) is 11.2. The van der Waals surface area contributed by atoms with Gasteiger partial charge in [-0.15, -0.1) is 0 Å². The van der Waals surface area contributed by atoms with Gasteiger partial charge < -0.3 is 19.2 Å². The van der Waals surface area contributed by atoms with E-state index in [4.69, 9.17) is 13.9 Å². The van der Waals surface area contributed by atoms with Crippen LogP contribution in [0.2, 0.25) is 0 Å². The lowest BCUT2D eigenvalue weighted by atomic mass is 10.3. The fourth-order valence-electron chi connectivity index (χ4n) is 1.31. The monoisotopic (exact) mass is 227 g/mol. The number of nitrogens with one attached hydrogen (secondary N) is 1. The highest BCUT2D eigenvalue weighted by atomic mass is 16.5. The van der Waals surface area contributed by atoms with Gasteiger partial charge in [0, 0.05) is 12.1 Å². The first-order chi connectivity index (χ1) is 7.72. The molecule has 0 aromatic carbocycles. The van der Waals surface area contributed by atoms with Gasteiger partial charge in [0.15, 0.2) is 0 Å². The minimum Gasteiger partial charge on any atom is -0.467 e. The van der Waals surface area contributed by atoms with Crippen molar-refractivity contribution in [2.75, 3.05) is 20.3 Å². The molecule has 0 unspecified atom stereocenters. The zero-order valence-electron chi connectivity index (χ0n) is 10.3. The zero-order chi connectivity index (χ0) is 11.8. The SMILES string of the molecule is CNCc1coc(COCCOC(C)C)c1. The summed E-state index contributed by atoms with van der Waals surface area (Å²) >= 11 is 0. The standard InChI is InChI=1S/C12H21NO3/c1-10(2)15-5-4-14-9-12-6-11(7-13-3)8-16-12/h6,8,10,13H,4-5,7,9H2,1-3H3. The lowest BCUT2D eigenvalue weighted by Gasteiger charge is -2.06. The summed E-state index contributed by atoms with van der Waals surface area (Å²) in [6.45, 7) is 6.57. The zero-order valence-corrected chi connectivity index (χ0v) is 10.3. The lowest BCUT2D eigenvalue weighted by Crippen LogP contribution is -2.09. The van der Waals surface area contributed by atoms with Crippen LogP contribution in [0.3, 0.4) is 0 Å². The van der Waals surface area contributed by atoms with Gasteiger partial charge in [0.05, 0.1) is 25.6 Å². The van der Waals surface area contributed by atoms with E-state index in [-0.39, 0.29) is 6.10 Å². The van der Waals surface area contributed by atoms with E-state index in [0.717, 1.165) is 17.9 Å². The van der Waals surface area contributed by atoms with Crippen LogP contribution in [0.1, 0.15) is 25.2 Å². The van der Waals surface area contributed by atoms with E-state index >= 15 is 0 Å². The second kappa shape index (κ2) is 7.44. The van der Waals surface area contributed by atoms with E-state index in [2.05, 4.69) is 5.32 Å². The third-order valence-electron chi connectivity index (χ3n) is 2.01. The van der Waals surface area contributed by atoms with Gasteiger partial charge in [-0.2, -0.15) is 0 Å². The molecule has 0 saturated heterocycles. The number of furan rings is 1. The van der Waals surface area contributed by atoms with Crippen LogP contribution >= 0.6 is 0 Å². The first-order valence-corrected chi connectivity index (χ1v) is 5.62. The van der Waals surface area contributed by atoms with E-state index in [1.54, 1.807) is 6.26 Å². The average Bonchev–Trinajstić information content (AvgIpc) is 2.65. The van der Waals surface area contributed by atoms with Crippen LogP contribution in [-0.4, -0.2) is 26.4 Å². The summed E-state index contributed by atoms with van der Waals surface area (Å²) in [5.41, 5.74) is 1.14. The van der Waals surface area contributed by atoms with Crippen molar-refractivity contribution in [3.05, 3.63) is 23.7 Å². The molecule has 1 heterocycles. The molecule has 0 spiro atoms. The van der Waals surface area contributed by atoms with Crippen LogP contribution in [0.4, 0.5) is 0 Å². The topological polar surface area (TPSA) is 43.6 Å². The molecule has 0 amide bonds. The van der Waals surface area contributed by atoms with E-state index in [0.29, 0.717) is 19.8 Å². The largest absolute Gasteiger partial charge is 0.467 e. The first kappa shape index (κ1) is 13.2. The van der Waals surface area contributed by atoms with Crippen molar-refractivity contribution in [2.24, 2.45) is 0 Å². The Bertz CT molecular complexity index is 284. The molecule has 0 aliphatic heterocycles. The van der Waals surface area contributed by atoms with Gasteiger partial charge in [-0.05, 0) is 27.0 Å². The Labute approximate surface area is 96.9 Å². The van der Waals surface area contributed by atoms with Crippen molar-refractivity contribution in [3.63, 3.8) is 0 Å². The quantitative estimate of drug-likeness (QED) is 0.689. The molecule has 0 atom stereocenters. The highest BCUT2D eigenvalue weighted by Gasteiger charge is 2.01. The summed E-state index contributed by atoms with van der Waals surface area (Å²) < 4.78 is 16.1. The van der Waals surface area contributed by atoms with Gasteiger partial charge >= 0.3 is 0 Å². The Balaban J connectivity index is 2.12. The summed E-state index contributed by atoms with van der Waals surface area (Å²) in [7, 11) is 1.91. The molecule has 0 fully saturated rings. The smallest absolute Gasteiger partial charge is 0.129 e. The third-order valence-corrected chi connectivity index (χ3v) is 2.01. The second-order valence-corrected chi connectivity index (χ2v) is 3.92. The van der Waals surface area contributed by atoms with Crippen molar-refractivity contribution in [1.29, 1.82) is 0 Å². The molecule has 0 aliphatic rings. The van der Waals surface area contributed by atoms with Gasteiger partial charge in [0.1, 0.15) is 12.4 Å². The van der Waals surface area contributed by atoms with Gasteiger partial charge in [-0.3, -0.25) is 0 Å². The van der Waals surface area contributed by atoms with Crippen LogP contribution in [0.15, 0.2) is 16.7 Å². The third kappa shape index (κ3) is 5.30. The minimum absolute atomic E-state index is 0.259. The maximum atomic E-state index is 5.42. The van der Waals surface area contributed by atoms with Crippen molar-refractivity contribution < 1.29 is 13.9 Å². The molecule has 1 aromatic heterocycles. The van der Waals surface area contributed by atoms with Gasteiger partial charge in [0.2, 0.25) is 0 Å². The summed E-state index contributed by atoms with van der Waals surface area (Å²) in [5, 5.41) is 3.07. The van der Waals surface area contributed by atoms with E-state index < -0.39 is 0 Å². The Hall–Kier alpha value is -0.840. The number of hydrogen-bond acceptors (Lipinski definition) is 4. The molecule has 16 heavy (non-hydrogen) atoms. The maximum Gasteiger partial charge on any atom is 0.129 e. The van der Waals surface area contributed by atoms with Crippen molar-refractivity contribution in [2.45, 2.75) is 33.1 Å². The summed E-state index contributed by atoms with van der Waals surface area (Å²) in [6.07, 6.45) is 2.01. The number of ether oxygens (including phenoxy) is 2. The Morgan fingerprint density at radius 3 is 2.88 bits per heavy atom. The van der Waals surface area contributed by atoms with Crippen LogP contribution in [0.5, 0.6) is 0 Å². The molecule has 4 nitrogen and oxygen atoms in total. The molecule has 1 rings (SSSR count). The average molecular weight is 227 g/mol. The van der Waals surface area contributed by atoms with E-state index in [9.17, 15) is 0 Å². The van der Waals surface area contributed by atoms with Crippen LogP contribution in [0.25, 0.3) is 0 Å². The Kier molecular flexibility index (Phi) is 6.15. The molecule has 0 bridgehead atoms. The maximum absolute atomic E-state index is 5.42. The molecule has 0 radical (unpaired) electrons. The fourth-order valence-corrected chi connectivity index (χ4v) is 1.31. The first-order valence-electron chi connectivity index (χ1n) is 5.62. The summed E-state index contributed by atoms with van der Waals surface area (Å²) in [4.78, 5) is 0. The predicted octanol–water partition coefficient (Wildman–Crippen LogP) is 1.94. The Morgan fingerprint density at radius 1 is 1.38 bits per heavy atom. The highest BCUT2D eigenvalue weighted by molar-refractivity contribution is 5.11. The van der Waals surface area contributed by atoms with E-state index in [1.807, 2.05) is 27.0 Å². The predicted molar refractivity (Wildman–Crippen MR) is 62.2 cm³/mol. The molecule has 1 aromatic rings. The van der Waals surface area contributed by atoms with Crippen LogP contribution < -0.4 is 5.32 Å². The van der Waals surface area contributed by atoms with E-state index in [1.165, 1.54) is 0 Å². The van der Waals surface area contributed by atoms with Crippen molar-refractivity contribution >= 4 is 0 Å². The fraction of sp³-hybridized carbons (Fsp3) is 0.667. The molecule has 4 heteroatoms. The van der Waals surface area contributed by atoms with Crippen LogP contribution in [-0.2, 0) is 22.6 Å². The van der Waals surface area contributed by atoms with Crippen LogP contribution in [0, 0.1) is 0 Å². The van der Waals surface area contributed by atoms with Crippen molar-refractivity contribution in [3.8, 4) is 0 Å². The Morgan fingerprint density at radius 2 is 2.19 bits per heavy atom. The molecular weight excluding hydrogens is 206 g/mol. The highest BCUT2D eigenvalue weighted by Crippen LogP contribution is 2.08. The molecule has 0 aliphatic carbocycles. The molecule has 1 N–H and O–H groups in total. The van der Waals surface area contributed by atoms with Gasteiger partial charge in [-0.25, -0.2) is 0 Å². The molecule has 0 saturated carbocycles. The summed E-state index contributed by atoms with van der Waals surface area (Å²) in [5.74, 6) is 0.856. The van der Waals surface area contributed by atoms with Crippen molar-refractivity contribution in [1.82, 2.24) is 5.32 Å². The molecular formula is C12H21NO3. The van der Waals surface area contributed by atoms with Gasteiger partial charge in [-0.1, -0.05) is 0 Å². The summed E-state index contributed by atoms with van der Waals surface area (Å²) in [6, 6.07) is 2.00. The lowest BCUT2D eigenvalue weighted by molar-refractivity contribution is 0.0104.